The quantitative estimate of drug-likeness (QED) is 0.315. The first-order valence-corrected chi connectivity index (χ1v) is 2.47. The Hall–Kier alpha value is -1.06. The fourth-order valence-electron chi connectivity index (χ4n) is 0.260. The van der Waals surface area contributed by atoms with Gasteiger partial charge >= 0.3 is 12.6 Å². The predicted molar refractivity (Wildman–Crippen MR) is 28.8 cm³/mol. The second-order valence-corrected chi connectivity index (χ2v) is 1.63. The van der Waals surface area contributed by atoms with Crippen LogP contribution in [0.25, 0.3) is 0 Å². The lowest BCUT2D eigenvalue weighted by Gasteiger charge is -2.02. The smallest absolute Gasteiger partial charge is 0.431 e. The normalized spacial score (nSPS) is 8.78. The molecule has 0 aromatic carbocycles. The highest BCUT2D eigenvalue weighted by atomic mass is 16.7. The molecule has 0 aliphatic rings. The summed E-state index contributed by atoms with van der Waals surface area (Å²) in [5, 5.41) is 0. The van der Waals surface area contributed by atoms with E-state index in [1.807, 2.05) is 0 Å². The summed E-state index contributed by atoms with van der Waals surface area (Å²) < 4.78 is 8.21. The number of hydrogen-bond donors (Lipinski definition) is 0. The highest BCUT2D eigenvalue weighted by Crippen LogP contribution is 1.89. The van der Waals surface area contributed by atoms with Crippen molar-refractivity contribution in [3.05, 3.63) is 0 Å². The van der Waals surface area contributed by atoms with E-state index in [0.717, 1.165) is 0 Å². The molecule has 0 unspecified atom stereocenters. The Labute approximate surface area is 52.7 Å². The molecule has 0 bridgehead atoms. The van der Waals surface area contributed by atoms with Crippen LogP contribution in [0, 0.1) is 0 Å². The number of hydrogen-bond acceptors (Lipinski definition) is 4. The molecule has 4 heteroatoms. The maximum absolute atomic E-state index is 10.2. The van der Waals surface area contributed by atoms with E-state index in [1.165, 1.54) is 0 Å². The molecule has 9 heavy (non-hydrogen) atoms. The number of ether oxygens (including phenoxy) is 2. The van der Waals surface area contributed by atoms with E-state index >= 15 is 0 Å². The average molecular weight is 132 g/mol. The molecule has 0 amide bonds. The summed E-state index contributed by atoms with van der Waals surface area (Å²) in [6, 6.07) is 0. The highest BCUT2D eigenvalue weighted by molar-refractivity contribution is 5.69. The molecule has 52 valence electrons. The lowest BCUT2D eigenvalue weighted by atomic mass is 10.5. The zero-order valence-corrected chi connectivity index (χ0v) is 5.29. The Bertz CT molecular complexity index is 108. The van der Waals surface area contributed by atoms with Crippen LogP contribution in [0.15, 0.2) is 0 Å². The molecule has 4 nitrogen and oxygen atoms in total. The van der Waals surface area contributed by atoms with Gasteiger partial charge in [-0.25, -0.2) is 4.79 Å². The summed E-state index contributed by atoms with van der Waals surface area (Å²) >= 11 is 0. The number of carbonyl (C=O) groups is 2. The maximum atomic E-state index is 10.2. The number of carbonyl (C=O) groups excluding carboxylic acids is 2. The van der Waals surface area contributed by atoms with Gasteiger partial charge in [0.05, 0.1) is 6.10 Å². The lowest BCUT2D eigenvalue weighted by molar-refractivity contribution is -0.126. The molecule has 0 fully saturated rings. The summed E-state index contributed by atoms with van der Waals surface area (Å²) in [7, 11) is 0. The van der Waals surface area contributed by atoms with E-state index in [-0.39, 0.29) is 12.6 Å². The minimum atomic E-state index is -0.958. The molecule has 0 atom stereocenters. The van der Waals surface area contributed by atoms with Crippen molar-refractivity contribution in [3.63, 3.8) is 0 Å². The summed E-state index contributed by atoms with van der Waals surface area (Å²) in [6.45, 7) is 3.35. The molecule has 0 spiro atoms. The largest absolute Gasteiger partial charge is 0.516 e. The van der Waals surface area contributed by atoms with Crippen molar-refractivity contribution in [1.82, 2.24) is 0 Å². The van der Waals surface area contributed by atoms with Crippen molar-refractivity contribution in [1.29, 1.82) is 0 Å². The molecular formula is C5H8O4. The lowest BCUT2D eigenvalue weighted by Crippen LogP contribution is -2.11. The third kappa shape index (κ3) is 4.80. The first-order chi connectivity index (χ1) is 4.16. The second kappa shape index (κ2) is 3.88. The fourth-order valence-corrected chi connectivity index (χ4v) is 0.260. The third-order valence-corrected chi connectivity index (χ3v) is 0.476. The van der Waals surface area contributed by atoms with Crippen LogP contribution in [0.1, 0.15) is 13.8 Å². The van der Waals surface area contributed by atoms with Gasteiger partial charge in [0.1, 0.15) is 0 Å². The molecule has 0 N–H and O–H groups in total. The molecule has 0 aliphatic heterocycles. The Balaban J connectivity index is 3.38. The second-order valence-electron chi connectivity index (χ2n) is 1.63. The van der Waals surface area contributed by atoms with Gasteiger partial charge in [-0.15, -0.1) is 0 Å². The van der Waals surface area contributed by atoms with Gasteiger partial charge < -0.3 is 9.47 Å². The molecular weight excluding hydrogens is 124 g/mol. The highest BCUT2D eigenvalue weighted by Gasteiger charge is 2.03. The average Bonchev–Trinajstić information content (AvgIpc) is 1.63. The Morgan fingerprint density at radius 3 is 2.44 bits per heavy atom. The Kier molecular flexibility index (Phi) is 3.43. The van der Waals surface area contributed by atoms with Crippen molar-refractivity contribution in [2.75, 3.05) is 0 Å². The Morgan fingerprint density at radius 1 is 1.56 bits per heavy atom. The van der Waals surface area contributed by atoms with Crippen molar-refractivity contribution >= 4 is 12.6 Å². The van der Waals surface area contributed by atoms with Crippen LogP contribution in [0.5, 0.6) is 0 Å². The van der Waals surface area contributed by atoms with E-state index in [9.17, 15) is 9.59 Å². The van der Waals surface area contributed by atoms with Gasteiger partial charge in [-0.2, -0.15) is 0 Å². The van der Waals surface area contributed by atoms with E-state index in [0.29, 0.717) is 0 Å². The minimum Gasteiger partial charge on any atom is -0.431 e. The first-order valence-electron chi connectivity index (χ1n) is 2.47. The maximum Gasteiger partial charge on any atom is 0.516 e. The zero-order valence-electron chi connectivity index (χ0n) is 5.29. The topological polar surface area (TPSA) is 52.6 Å². The van der Waals surface area contributed by atoms with Crippen LogP contribution in [0.2, 0.25) is 0 Å². The zero-order chi connectivity index (χ0) is 7.28. The molecule has 0 aromatic rings. The van der Waals surface area contributed by atoms with Crippen LogP contribution >= 0.6 is 0 Å². The first kappa shape index (κ1) is 7.94. The standard InChI is InChI=1S/C5H8O4/c1-4(2)9-5(7)8-3-6/h3-4H,1-2H3. The molecule has 0 radical (unpaired) electrons. The van der Waals surface area contributed by atoms with E-state index < -0.39 is 6.16 Å². The van der Waals surface area contributed by atoms with Crippen LogP contribution in [0.3, 0.4) is 0 Å². The SMILES string of the molecule is CC(C)OC(=O)OC=O. The van der Waals surface area contributed by atoms with Crippen molar-refractivity contribution < 1.29 is 19.1 Å². The van der Waals surface area contributed by atoms with Gasteiger partial charge in [-0.3, -0.25) is 4.79 Å². The van der Waals surface area contributed by atoms with Gasteiger partial charge in [-0.05, 0) is 13.8 Å². The monoisotopic (exact) mass is 132 g/mol. The molecule has 0 rings (SSSR count). The summed E-state index contributed by atoms with van der Waals surface area (Å²) in [5.74, 6) is 0. The van der Waals surface area contributed by atoms with Crippen molar-refractivity contribution in [3.8, 4) is 0 Å². The molecule has 0 heterocycles. The predicted octanol–water partition coefficient (Wildman–Crippen LogP) is 0.704. The van der Waals surface area contributed by atoms with E-state index in [2.05, 4.69) is 9.47 Å². The molecule has 0 saturated heterocycles. The van der Waals surface area contributed by atoms with Crippen LogP contribution in [-0.2, 0) is 14.3 Å². The van der Waals surface area contributed by atoms with Gasteiger partial charge in [0, 0.05) is 0 Å². The molecule has 0 aliphatic carbocycles. The van der Waals surface area contributed by atoms with Crippen molar-refractivity contribution in [2.45, 2.75) is 20.0 Å². The Morgan fingerprint density at radius 2 is 2.11 bits per heavy atom. The van der Waals surface area contributed by atoms with E-state index in [4.69, 9.17) is 0 Å². The minimum absolute atomic E-state index is 0.0325. The summed E-state index contributed by atoms with van der Waals surface area (Å²) in [4.78, 5) is 19.7. The van der Waals surface area contributed by atoms with Gasteiger partial charge in [0.2, 0.25) is 0 Å². The number of rotatable bonds is 2. The summed E-state index contributed by atoms with van der Waals surface area (Å²) in [6.07, 6.45) is -1.21. The van der Waals surface area contributed by atoms with Gasteiger partial charge in [0.15, 0.2) is 0 Å². The van der Waals surface area contributed by atoms with Crippen LogP contribution in [-0.4, -0.2) is 18.7 Å². The van der Waals surface area contributed by atoms with Crippen LogP contribution < -0.4 is 0 Å². The van der Waals surface area contributed by atoms with Crippen LogP contribution in [0.4, 0.5) is 4.79 Å². The fraction of sp³-hybridized carbons (Fsp3) is 0.600. The third-order valence-electron chi connectivity index (χ3n) is 0.476. The molecule has 0 aromatic heterocycles. The molecule has 0 saturated carbocycles. The van der Waals surface area contributed by atoms with Crippen molar-refractivity contribution in [2.24, 2.45) is 0 Å². The van der Waals surface area contributed by atoms with Gasteiger partial charge in [-0.1, -0.05) is 0 Å². The summed E-state index contributed by atoms with van der Waals surface area (Å²) in [5.41, 5.74) is 0. The van der Waals surface area contributed by atoms with Gasteiger partial charge in [0.25, 0.3) is 0 Å². The van der Waals surface area contributed by atoms with E-state index in [1.54, 1.807) is 13.8 Å².